The molecule has 0 heteroatoms. The first-order valence-electron chi connectivity index (χ1n) is 9.95. The average Bonchev–Trinajstić information content (AvgIpc) is 2.81. The highest BCUT2D eigenvalue weighted by Crippen LogP contribution is 2.23. The zero-order valence-electron chi connectivity index (χ0n) is 16.7. The Hall–Kier alpha value is -3.12. The molecule has 0 amide bonds. The average molecular weight is 365 g/mol. The van der Waals surface area contributed by atoms with Gasteiger partial charge in [0, 0.05) is 11.8 Å². The molecule has 0 heterocycles. The standard InChI is InChI=1S/2C14H14/c2*1-12(13-8-4-2-5-9-13)14-10-6-3-7-11-14/h2*2-12H,1H3. The third-order valence-electron chi connectivity index (χ3n) is 5.20. The lowest BCUT2D eigenvalue weighted by molar-refractivity contribution is 0.922. The Bertz CT molecular complexity index is 753. The van der Waals surface area contributed by atoms with Gasteiger partial charge in [-0.05, 0) is 22.3 Å². The molecule has 0 aliphatic carbocycles. The van der Waals surface area contributed by atoms with Crippen molar-refractivity contribution in [3.05, 3.63) is 144 Å². The van der Waals surface area contributed by atoms with E-state index in [0.717, 1.165) is 0 Å². The molecule has 0 N–H and O–H groups in total. The Balaban J connectivity index is 0.000000161. The van der Waals surface area contributed by atoms with Crippen LogP contribution in [0.4, 0.5) is 0 Å². The van der Waals surface area contributed by atoms with Crippen molar-refractivity contribution in [2.45, 2.75) is 25.7 Å². The van der Waals surface area contributed by atoms with Crippen molar-refractivity contribution in [1.29, 1.82) is 0 Å². The number of hydrogen-bond donors (Lipinski definition) is 0. The largest absolute Gasteiger partial charge is 0.0622 e. The highest BCUT2D eigenvalue weighted by molar-refractivity contribution is 5.32. The van der Waals surface area contributed by atoms with E-state index in [0.29, 0.717) is 11.8 Å². The van der Waals surface area contributed by atoms with Crippen molar-refractivity contribution in [3.63, 3.8) is 0 Å². The first-order chi connectivity index (χ1) is 13.8. The zero-order valence-corrected chi connectivity index (χ0v) is 16.7. The van der Waals surface area contributed by atoms with Gasteiger partial charge in [-0.3, -0.25) is 0 Å². The Morgan fingerprint density at radius 3 is 0.679 bits per heavy atom. The van der Waals surface area contributed by atoms with Crippen molar-refractivity contribution < 1.29 is 0 Å². The van der Waals surface area contributed by atoms with Gasteiger partial charge in [-0.25, -0.2) is 0 Å². The number of benzene rings is 4. The van der Waals surface area contributed by atoms with Gasteiger partial charge in [0.15, 0.2) is 0 Å². The fourth-order valence-electron chi connectivity index (χ4n) is 3.35. The maximum absolute atomic E-state index is 2.24. The maximum Gasteiger partial charge on any atom is 0.00610 e. The molecule has 0 unspecified atom stereocenters. The second kappa shape index (κ2) is 10.3. The predicted octanol–water partition coefficient (Wildman–Crippen LogP) is 7.68. The minimum Gasteiger partial charge on any atom is -0.0622 e. The second-order valence-corrected chi connectivity index (χ2v) is 7.09. The first kappa shape index (κ1) is 19.6. The van der Waals surface area contributed by atoms with Gasteiger partial charge >= 0.3 is 0 Å². The first-order valence-corrected chi connectivity index (χ1v) is 9.95. The van der Waals surface area contributed by atoms with Gasteiger partial charge in [-0.2, -0.15) is 0 Å². The molecule has 0 aliphatic heterocycles. The quantitative estimate of drug-likeness (QED) is 0.348. The predicted molar refractivity (Wildman–Crippen MR) is 121 cm³/mol. The molecule has 4 aromatic rings. The van der Waals surface area contributed by atoms with Crippen molar-refractivity contribution in [2.24, 2.45) is 0 Å². The molecule has 28 heavy (non-hydrogen) atoms. The van der Waals surface area contributed by atoms with E-state index in [4.69, 9.17) is 0 Å². The van der Waals surface area contributed by atoms with Crippen LogP contribution in [0.25, 0.3) is 0 Å². The van der Waals surface area contributed by atoms with E-state index in [-0.39, 0.29) is 0 Å². The van der Waals surface area contributed by atoms with Crippen LogP contribution < -0.4 is 0 Å². The molecule has 0 spiro atoms. The zero-order chi connectivity index (χ0) is 19.6. The summed E-state index contributed by atoms with van der Waals surface area (Å²) in [6.07, 6.45) is 0. The highest BCUT2D eigenvalue weighted by atomic mass is 14.1. The van der Waals surface area contributed by atoms with Gasteiger partial charge in [-0.15, -0.1) is 0 Å². The van der Waals surface area contributed by atoms with E-state index in [1.807, 2.05) is 0 Å². The monoisotopic (exact) mass is 364 g/mol. The van der Waals surface area contributed by atoms with Crippen LogP contribution in [0.2, 0.25) is 0 Å². The molecule has 0 bridgehead atoms. The molecule has 0 saturated heterocycles. The lowest BCUT2D eigenvalue weighted by Gasteiger charge is -2.11. The summed E-state index contributed by atoms with van der Waals surface area (Å²) >= 11 is 0. The van der Waals surface area contributed by atoms with Gasteiger partial charge in [0.25, 0.3) is 0 Å². The van der Waals surface area contributed by atoms with Crippen LogP contribution >= 0.6 is 0 Å². The Kier molecular flexibility index (Phi) is 7.21. The summed E-state index contributed by atoms with van der Waals surface area (Å²) in [6, 6.07) is 42.4. The normalized spacial score (nSPS) is 10.4. The van der Waals surface area contributed by atoms with Crippen molar-refractivity contribution in [2.75, 3.05) is 0 Å². The molecular weight excluding hydrogens is 336 g/mol. The van der Waals surface area contributed by atoms with E-state index in [2.05, 4.69) is 135 Å². The minimum absolute atomic E-state index is 0.484. The fourth-order valence-corrected chi connectivity index (χ4v) is 3.35. The van der Waals surface area contributed by atoms with Gasteiger partial charge in [0.1, 0.15) is 0 Å². The van der Waals surface area contributed by atoms with Gasteiger partial charge < -0.3 is 0 Å². The Morgan fingerprint density at radius 2 is 0.500 bits per heavy atom. The third kappa shape index (κ3) is 5.44. The fraction of sp³-hybridized carbons (Fsp3) is 0.143. The molecule has 0 saturated carbocycles. The van der Waals surface area contributed by atoms with Crippen LogP contribution in [-0.4, -0.2) is 0 Å². The SMILES string of the molecule is CC(c1ccccc1)c1ccccc1.CC(c1ccccc1)c1ccccc1. The smallest absolute Gasteiger partial charge is 0.00610 e. The van der Waals surface area contributed by atoms with Crippen LogP contribution in [0.15, 0.2) is 121 Å². The van der Waals surface area contributed by atoms with Crippen LogP contribution in [0.1, 0.15) is 47.9 Å². The van der Waals surface area contributed by atoms with E-state index in [1.54, 1.807) is 0 Å². The topological polar surface area (TPSA) is 0 Å². The van der Waals surface area contributed by atoms with Crippen LogP contribution in [-0.2, 0) is 0 Å². The summed E-state index contributed by atoms with van der Waals surface area (Å²) in [4.78, 5) is 0. The number of rotatable bonds is 4. The Morgan fingerprint density at radius 1 is 0.321 bits per heavy atom. The minimum atomic E-state index is 0.484. The van der Waals surface area contributed by atoms with E-state index >= 15 is 0 Å². The molecule has 4 rings (SSSR count). The van der Waals surface area contributed by atoms with E-state index < -0.39 is 0 Å². The molecule has 0 fully saturated rings. The van der Waals surface area contributed by atoms with Gasteiger partial charge in [-0.1, -0.05) is 135 Å². The van der Waals surface area contributed by atoms with Gasteiger partial charge in [0.2, 0.25) is 0 Å². The summed E-state index contributed by atoms with van der Waals surface area (Å²) < 4.78 is 0. The molecule has 0 radical (unpaired) electrons. The van der Waals surface area contributed by atoms with Crippen LogP contribution in [0.5, 0.6) is 0 Å². The third-order valence-corrected chi connectivity index (χ3v) is 5.20. The molecular formula is C28H28. The molecule has 4 aromatic carbocycles. The summed E-state index contributed by atoms with van der Waals surface area (Å²) in [5.74, 6) is 0.967. The summed E-state index contributed by atoms with van der Waals surface area (Å²) in [6.45, 7) is 4.48. The molecule has 0 aliphatic rings. The Labute approximate surface area is 169 Å². The molecule has 0 aromatic heterocycles. The van der Waals surface area contributed by atoms with Gasteiger partial charge in [0.05, 0.1) is 0 Å². The highest BCUT2D eigenvalue weighted by Gasteiger charge is 2.06. The van der Waals surface area contributed by atoms with Crippen LogP contribution in [0.3, 0.4) is 0 Å². The summed E-state index contributed by atoms with van der Waals surface area (Å²) in [5.41, 5.74) is 5.50. The summed E-state index contributed by atoms with van der Waals surface area (Å²) in [5, 5.41) is 0. The summed E-state index contributed by atoms with van der Waals surface area (Å²) in [7, 11) is 0. The molecule has 140 valence electrons. The van der Waals surface area contributed by atoms with E-state index in [9.17, 15) is 0 Å². The van der Waals surface area contributed by atoms with Crippen molar-refractivity contribution in [3.8, 4) is 0 Å². The lowest BCUT2D eigenvalue weighted by Crippen LogP contribution is -1.94. The van der Waals surface area contributed by atoms with Crippen LogP contribution in [0, 0.1) is 0 Å². The lowest BCUT2D eigenvalue weighted by atomic mass is 9.93. The van der Waals surface area contributed by atoms with Crippen molar-refractivity contribution in [1.82, 2.24) is 0 Å². The molecule has 0 atom stereocenters. The number of hydrogen-bond acceptors (Lipinski definition) is 0. The van der Waals surface area contributed by atoms with Crippen molar-refractivity contribution >= 4 is 0 Å². The van der Waals surface area contributed by atoms with E-state index in [1.165, 1.54) is 22.3 Å². The molecule has 0 nitrogen and oxygen atoms in total. The maximum atomic E-state index is 2.24. The second-order valence-electron chi connectivity index (χ2n) is 7.09.